The average Bonchev–Trinajstić information content (AvgIpc) is 2.48. The third-order valence-electron chi connectivity index (χ3n) is 1.80. The van der Waals surface area contributed by atoms with E-state index in [9.17, 15) is 18.9 Å². The Balaban J connectivity index is 5.08. The summed E-state index contributed by atoms with van der Waals surface area (Å²) in [5.74, 6) is 0. The van der Waals surface area contributed by atoms with Gasteiger partial charge < -0.3 is 20.1 Å². The van der Waals surface area contributed by atoms with Gasteiger partial charge >= 0.3 is 7.82 Å². The van der Waals surface area contributed by atoms with Gasteiger partial charge in [-0.15, -0.1) is 0 Å². The molecule has 0 aliphatic heterocycles. The van der Waals surface area contributed by atoms with Crippen LogP contribution in [0.15, 0.2) is 0 Å². The predicted octanol–water partition coefficient (Wildman–Crippen LogP) is -2.18. The Labute approximate surface area is 113 Å². The Bertz CT molecular complexity index is 347. The van der Waals surface area contributed by atoms with E-state index in [1.54, 1.807) is 0 Å². The first-order chi connectivity index (χ1) is 9.48. The van der Waals surface area contributed by atoms with Crippen LogP contribution in [0.25, 0.3) is 0 Å². The summed E-state index contributed by atoms with van der Waals surface area (Å²) in [4.78, 5) is 31.4. The van der Waals surface area contributed by atoms with E-state index in [0.717, 1.165) is 0 Å². The van der Waals surface area contributed by atoms with Crippen molar-refractivity contribution in [3.63, 3.8) is 0 Å². The molecule has 0 amide bonds. The van der Waals surface area contributed by atoms with Crippen molar-refractivity contribution < 1.29 is 47.8 Å². The summed E-state index contributed by atoms with van der Waals surface area (Å²) in [6.07, 6.45) is -4.72. The molecule has 11 heteroatoms. The van der Waals surface area contributed by atoms with E-state index in [2.05, 4.69) is 13.6 Å². The van der Waals surface area contributed by atoms with E-state index in [1.807, 2.05) is 0 Å². The molecular weight excluding hydrogens is 299 g/mol. The number of rotatable bonds is 12. The molecule has 0 aromatic rings. The fourth-order valence-corrected chi connectivity index (χ4v) is 2.37. The minimum absolute atomic E-state index is 0.00582. The van der Waals surface area contributed by atoms with Crippen LogP contribution in [-0.4, -0.2) is 72.3 Å². The number of aliphatic hydroxyl groups is 3. The highest BCUT2D eigenvalue weighted by Gasteiger charge is 2.36. The van der Waals surface area contributed by atoms with Crippen molar-refractivity contribution in [1.29, 1.82) is 0 Å². The molecule has 0 spiro atoms. The summed E-state index contributed by atoms with van der Waals surface area (Å²) in [5.41, 5.74) is 0. The van der Waals surface area contributed by atoms with E-state index >= 15 is 0 Å². The Hall–Kier alpha value is -1.00. The zero-order chi connectivity index (χ0) is 15.6. The quantitative estimate of drug-likeness (QED) is 0.205. The van der Waals surface area contributed by atoms with Gasteiger partial charge in [0.1, 0.15) is 12.2 Å². The first-order valence-corrected chi connectivity index (χ1v) is 6.78. The normalized spacial score (nSPS) is 15.8. The molecule has 0 fully saturated rings. The Kier molecular flexibility index (Phi) is 9.34. The van der Waals surface area contributed by atoms with Crippen molar-refractivity contribution in [1.82, 2.24) is 0 Å². The minimum Gasteiger partial charge on any atom is -0.394 e. The lowest BCUT2D eigenvalue weighted by atomic mass is 10.4. The summed E-state index contributed by atoms with van der Waals surface area (Å²) in [6, 6.07) is 0. The molecule has 0 aromatic carbocycles. The van der Waals surface area contributed by atoms with Gasteiger partial charge in [0.05, 0.1) is 19.8 Å². The van der Waals surface area contributed by atoms with E-state index in [4.69, 9.17) is 15.3 Å². The largest absolute Gasteiger partial charge is 0.477 e. The predicted molar refractivity (Wildman–Crippen MR) is 61.7 cm³/mol. The Morgan fingerprint density at radius 3 is 1.75 bits per heavy atom. The molecule has 0 bridgehead atoms. The molecule has 20 heavy (non-hydrogen) atoms. The molecular formula is C9H15O10P. The first-order valence-electron chi connectivity index (χ1n) is 5.32. The summed E-state index contributed by atoms with van der Waals surface area (Å²) >= 11 is 0. The smallest absolute Gasteiger partial charge is 0.394 e. The van der Waals surface area contributed by atoms with Gasteiger partial charge in [-0.1, -0.05) is 0 Å². The molecule has 0 aliphatic rings. The van der Waals surface area contributed by atoms with Gasteiger partial charge in [-0.25, -0.2) is 4.57 Å². The molecule has 0 aliphatic carbocycles. The fraction of sp³-hybridized carbons (Fsp3) is 0.667. The van der Waals surface area contributed by atoms with Gasteiger partial charge in [-0.2, -0.15) is 0 Å². The lowest BCUT2D eigenvalue weighted by Crippen LogP contribution is -2.27. The maximum Gasteiger partial charge on any atom is 0.477 e. The number of hydrogen-bond acceptors (Lipinski definition) is 10. The average molecular weight is 314 g/mol. The van der Waals surface area contributed by atoms with Crippen LogP contribution in [0.2, 0.25) is 0 Å². The number of hydrogen-bond donors (Lipinski definition) is 3. The zero-order valence-corrected chi connectivity index (χ0v) is 11.1. The van der Waals surface area contributed by atoms with Crippen molar-refractivity contribution in [2.24, 2.45) is 0 Å². The highest BCUT2D eigenvalue weighted by molar-refractivity contribution is 7.48. The second-order valence-electron chi connectivity index (χ2n) is 3.34. The van der Waals surface area contributed by atoms with Crippen LogP contribution in [0.4, 0.5) is 0 Å². The van der Waals surface area contributed by atoms with Crippen molar-refractivity contribution >= 4 is 26.7 Å². The van der Waals surface area contributed by atoms with Gasteiger partial charge in [0, 0.05) is 0 Å². The molecule has 0 saturated carbocycles. The molecule has 0 radical (unpaired) electrons. The lowest BCUT2D eigenvalue weighted by Gasteiger charge is -2.24. The highest BCUT2D eigenvalue weighted by Crippen LogP contribution is 2.52. The molecule has 2 atom stereocenters. The standard InChI is InChI=1S/C9H15O10P/c10-1-7(2-11)17-20(16,18-8(3-12)4-13)19-9(5-14)6-15/h1-3,7-9,13-15H,4-6H2. The molecule has 2 unspecified atom stereocenters. The SMILES string of the molecule is O=CC(C=O)OP(=O)(OC(C=O)CO)OC(CO)CO. The highest BCUT2D eigenvalue weighted by atomic mass is 31.2. The molecule has 0 aromatic heterocycles. The third-order valence-corrected chi connectivity index (χ3v) is 3.39. The van der Waals surface area contributed by atoms with Crippen LogP contribution < -0.4 is 0 Å². The van der Waals surface area contributed by atoms with Crippen molar-refractivity contribution in [3.8, 4) is 0 Å². The topological polar surface area (TPSA) is 157 Å². The van der Waals surface area contributed by atoms with E-state index in [1.165, 1.54) is 0 Å². The summed E-state index contributed by atoms with van der Waals surface area (Å²) in [5, 5.41) is 26.4. The number of carbonyl (C=O) groups excluding carboxylic acids is 3. The lowest BCUT2D eigenvalue weighted by molar-refractivity contribution is -0.125. The molecule has 0 saturated heterocycles. The van der Waals surface area contributed by atoms with Crippen LogP contribution in [0.5, 0.6) is 0 Å². The second-order valence-corrected chi connectivity index (χ2v) is 4.87. The minimum atomic E-state index is -4.66. The van der Waals surface area contributed by atoms with Gasteiger partial charge in [0.25, 0.3) is 0 Å². The summed E-state index contributed by atoms with van der Waals surface area (Å²) in [6.45, 7) is -2.41. The maximum atomic E-state index is 12.1. The molecule has 10 nitrogen and oxygen atoms in total. The van der Waals surface area contributed by atoms with E-state index in [-0.39, 0.29) is 18.9 Å². The van der Waals surface area contributed by atoms with Crippen LogP contribution in [0.1, 0.15) is 0 Å². The third kappa shape index (κ3) is 6.44. The van der Waals surface area contributed by atoms with E-state index in [0.29, 0.717) is 0 Å². The van der Waals surface area contributed by atoms with Gasteiger partial charge in [0.2, 0.25) is 0 Å². The molecule has 116 valence electrons. The van der Waals surface area contributed by atoms with Crippen molar-refractivity contribution in [3.05, 3.63) is 0 Å². The molecule has 0 heterocycles. The summed E-state index contributed by atoms with van der Waals surface area (Å²) in [7, 11) is -4.66. The fourth-order valence-electron chi connectivity index (χ4n) is 0.879. The Morgan fingerprint density at radius 2 is 1.40 bits per heavy atom. The van der Waals surface area contributed by atoms with Crippen molar-refractivity contribution in [2.75, 3.05) is 19.8 Å². The van der Waals surface area contributed by atoms with Crippen LogP contribution in [-0.2, 0) is 32.5 Å². The number of phosphoric ester groups is 1. The number of phosphoric acid groups is 1. The number of carbonyl (C=O) groups is 3. The second kappa shape index (κ2) is 9.83. The monoisotopic (exact) mass is 314 g/mol. The summed E-state index contributed by atoms with van der Waals surface area (Å²) < 4.78 is 25.8. The van der Waals surface area contributed by atoms with Crippen LogP contribution in [0.3, 0.4) is 0 Å². The Morgan fingerprint density at radius 1 is 0.850 bits per heavy atom. The van der Waals surface area contributed by atoms with Gasteiger partial charge in [0.15, 0.2) is 25.0 Å². The zero-order valence-electron chi connectivity index (χ0n) is 10.2. The first kappa shape index (κ1) is 19.0. The maximum absolute atomic E-state index is 12.1. The van der Waals surface area contributed by atoms with Crippen LogP contribution >= 0.6 is 7.82 Å². The van der Waals surface area contributed by atoms with Crippen molar-refractivity contribution in [2.45, 2.75) is 18.3 Å². The van der Waals surface area contributed by atoms with Crippen LogP contribution in [0, 0.1) is 0 Å². The number of aldehydes is 3. The molecule has 3 N–H and O–H groups in total. The van der Waals surface area contributed by atoms with Gasteiger partial charge in [-0.3, -0.25) is 23.2 Å². The number of aliphatic hydroxyl groups excluding tert-OH is 3. The van der Waals surface area contributed by atoms with E-state index < -0.39 is 46.0 Å². The molecule has 0 rings (SSSR count). The van der Waals surface area contributed by atoms with Gasteiger partial charge in [-0.05, 0) is 0 Å².